The third-order valence-electron chi connectivity index (χ3n) is 3.07. The Bertz CT molecular complexity index is 923. The van der Waals surface area contributed by atoms with E-state index in [0.717, 1.165) is 16.6 Å². The molecule has 0 bridgehead atoms. The molecule has 0 amide bonds. The molecule has 0 aliphatic heterocycles. The van der Waals surface area contributed by atoms with E-state index < -0.39 is 0 Å². The van der Waals surface area contributed by atoms with E-state index in [0.29, 0.717) is 22.8 Å². The number of nitrogen functional groups attached to an aromatic ring is 1. The molecule has 0 aliphatic carbocycles. The third-order valence-corrected chi connectivity index (χ3v) is 3.07. The molecule has 0 unspecified atom stereocenters. The van der Waals surface area contributed by atoms with E-state index in [1.807, 2.05) is 18.2 Å². The predicted molar refractivity (Wildman–Crippen MR) is 74.6 cm³/mol. The van der Waals surface area contributed by atoms with Gasteiger partial charge in [-0.3, -0.25) is 9.97 Å². The topological polar surface area (TPSA) is 106 Å². The first-order valence-electron chi connectivity index (χ1n) is 5.99. The van der Waals surface area contributed by atoms with Gasteiger partial charge in [0.15, 0.2) is 11.5 Å². The number of para-hydroxylation sites is 1. The lowest BCUT2D eigenvalue weighted by Gasteiger charge is -2.01. The van der Waals surface area contributed by atoms with E-state index in [-0.39, 0.29) is 0 Å². The molecule has 7 nitrogen and oxygen atoms in total. The summed E-state index contributed by atoms with van der Waals surface area (Å²) in [5, 5.41) is 0. The van der Waals surface area contributed by atoms with Gasteiger partial charge in [-0.1, -0.05) is 6.07 Å². The maximum absolute atomic E-state index is 5.81. The minimum Gasteiger partial charge on any atom is -0.382 e. The van der Waals surface area contributed by atoms with Crippen LogP contribution in [0.15, 0.2) is 36.9 Å². The molecule has 4 aromatic rings. The van der Waals surface area contributed by atoms with Crippen molar-refractivity contribution in [3.8, 4) is 11.4 Å². The second kappa shape index (κ2) is 3.95. The third kappa shape index (κ3) is 1.50. The fraction of sp³-hybridized carbons (Fsp3) is 0. The van der Waals surface area contributed by atoms with Crippen LogP contribution in [0.4, 0.5) is 5.82 Å². The average molecular weight is 263 g/mol. The molecule has 3 N–H and O–H groups in total. The summed E-state index contributed by atoms with van der Waals surface area (Å²) in [7, 11) is 0. The number of imidazole rings is 1. The van der Waals surface area contributed by atoms with Crippen LogP contribution in [0, 0.1) is 0 Å². The van der Waals surface area contributed by atoms with Gasteiger partial charge in [0.05, 0.1) is 11.0 Å². The highest BCUT2D eigenvalue weighted by Gasteiger charge is 2.12. The number of fused-ring (bicyclic) bond motifs is 2. The standard InChI is InChI=1S/C13H9N7/c14-11-10-13(18-6-17-11)20-12(19-10)7-2-1-3-8-9(7)16-5-4-15-8/h1-6H,(H3,14,17,18,19,20). The summed E-state index contributed by atoms with van der Waals surface area (Å²) in [5.41, 5.74) is 9.42. The molecule has 3 aromatic heterocycles. The van der Waals surface area contributed by atoms with Crippen LogP contribution in [0.3, 0.4) is 0 Å². The predicted octanol–water partition coefficient (Wildman–Crippen LogP) is 1.55. The molecular weight excluding hydrogens is 254 g/mol. The number of H-pyrrole nitrogens is 1. The van der Waals surface area contributed by atoms with Gasteiger partial charge < -0.3 is 10.7 Å². The molecular formula is C13H9N7. The van der Waals surface area contributed by atoms with Crippen molar-refractivity contribution in [2.75, 3.05) is 5.73 Å². The second-order valence-electron chi connectivity index (χ2n) is 4.27. The van der Waals surface area contributed by atoms with E-state index in [9.17, 15) is 0 Å². The summed E-state index contributed by atoms with van der Waals surface area (Å²) >= 11 is 0. The van der Waals surface area contributed by atoms with Gasteiger partial charge in [0.1, 0.15) is 17.7 Å². The van der Waals surface area contributed by atoms with Crippen molar-refractivity contribution in [3.63, 3.8) is 0 Å². The lowest BCUT2D eigenvalue weighted by Crippen LogP contribution is -1.91. The highest BCUT2D eigenvalue weighted by Crippen LogP contribution is 2.26. The van der Waals surface area contributed by atoms with Crippen molar-refractivity contribution in [2.45, 2.75) is 0 Å². The summed E-state index contributed by atoms with van der Waals surface area (Å²) in [6, 6.07) is 5.75. The smallest absolute Gasteiger partial charge is 0.183 e. The van der Waals surface area contributed by atoms with Crippen LogP contribution in [0.5, 0.6) is 0 Å². The summed E-state index contributed by atoms with van der Waals surface area (Å²) in [6.45, 7) is 0. The number of aromatic amines is 1. The first kappa shape index (κ1) is 10.8. The first-order chi connectivity index (χ1) is 9.83. The number of hydrogen-bond donors (Lipinski definition) is 2. The van der Waals surface area contributed by atoms with Crippen LogP contribution in [0.25, 0.3) is 33.6 Å². The average Bonchev–Trinajstić information content (AvgIpc) is 2.92. The zero-order valence-corrected chi connectivity index (χ0v) is 10.3. The maximum atomic E-state index is 5.81. The normalized spacial score (nSPS) is 11.2. The molecule has 0 spiro atoms. The van der Waals surface area contributed by atoms with Crippen LogP contribution in [-0.4, -0.2) is 29.9 Å². The van der Waals surface area contributed by atoms with Crippen molar-refractivity contribution in [3.05, 3.63) is 36.9 Å². The number of aromatic nitrogens is 6. The summed E-state index contributed by atoms with van der Waals surface area (Å²) < 4.78 is 0. The minimum absolute atomic E-state index is 0.375. The van der Waals surface area contributed by atoms with Gasteiger partial charge in [0, 0.05) is 18.0 Å². The number of benzene rings is 1. The molecule has 0 atom stereocenters. The van der Waals surface area contributed by atoms with E-state index in [2.05, 4.69) is 29.9 Å². The molecule has 96 valence electrons. The molecule has 0 saturated carbocycles. The number of nitrogens with one attached hydrogen (secondary N) is 1. The van der Waals surface area contributed by atoms with Crippen LogP contribution in [-0.2, 0) is 0 Å². The van der Waals surface area contributed by atoms with Crippen LogP contribution in [0.1, 0.15) is 0 Å². The van der Waals surface area contributed by atoms with Crippen molar-refractivity contribution in [2.24, 2.45) is 0 Å². The fourth-order valence-electron chi connectivity index (χ4n) is 2.16. The van der Waals surface area contributed by atoms with Gasteiger partial charge in [-0.25, -0.2) is 15.0 Å². The Labute approximate surface area is 112 Å². The van der Waals surface area contributed by atoms with Crippen LogP contribution >= 0.6 is 0 Å². The van der Waals surface area contributed by atoms with Crippen LogP contribution < -0.4 is 5.73 Å². The van der Waals surface area contributed by atoms with E-state index in [1.54, 1.807) is 12.4 Å². The molecule has 0 radical (unpaired) electrons. The molecule has 0 saturated heterocycles. The van der Waals surface area contributed by atoms with Crippen molar-refractivity contribution in [1.82, 2.24) is 29.9 Å². The number of rotatable bonds is 1. The Hall–Kier alpha value is -3.09. The Balaban J connectivity index is 2.04. The van der Waals surface area contributed by atoms with Crippen molar-refractivity contribution < 1.29 is 0 Å². The Morgan fingerprint density at radius 3 is 2.80 bits per heavy atom. The molecule has 1 aromatic carbocycles. The quantitative estimate of drug-likeness (QED) is 0.539. The number of hydrogen-bond acceptors (Lipinski definition) is 6. The zero-order valence-electron chi connectivity index (χ0n) is 10.3. The Morgan fingerprint density at radius 1 is 1.00 bits per heavy atom. The monoisotopic (exact) mass is 263 g/mol. The van der Waals surface area contributed by atoms with Crippen LogP contribution in [0.2, 0.25) is 0 Å². The van der Waals surface area contributed by atoms with Gasteiger partial charge >= 0.3 is 0 Å². The van der Waals surface area contributed by atoms with E-state index in [4.69, 9.17) is 5.73 Å². The highest BCUT2D eigenvalue weighted by molar-refractivity contribution is 5.92. The lowest BCUT2D eigenvalue weighted by atomic mass is 10.1. The molecule has 4 rings (SSSR count). The van der Waals surface area contributed by atoms with Gasteiger partial charge in [-0.05, 0) is 12.1 Å². The lowest BCUT2D eigenvalue weighted by molar-refractivity contribution is 1.21. The SMILES string of the molecule is Nc1ncnc2nc(-c3cccc4nccnc34)[nH]c12. The number of nitrogens with two attached hydrogens (primary N) is 1. The molecule has 0 aliphatic rings. The first-order valence-corrected chi connectivity index (χ1v) is 5.99. The molecule has 20 heavy (non-hydrogen) atoms. The molecule has 3 heterocycles. The van der Waals surface area contributed by atoms with Gasteiger partial charge in [0.2, 0.25) is 0 Å². The number of anilines is 1. The summed E-state index contributed by atoms with van der Waals surface area (Å²) in [4.78, 5) is 24.3. The Morgan fingerprint density at radius 2 is 1.90 bits per heavy atom. The molecule has 7 heteroatoms. The summed E-state index contributed by atoms with van der Waals surface area (Å²) in [5.74, 6) is 1.03. The van der Waals surface area contributed by atoms with E-state index in [1.165, 1.54) is 6.33 Å². The Kier molecular flexibility index (Phi) is 2.13. The second-order valence-corrected chi connectivity index (χ2v) is 4.27. The van der Waals surface area contributed by atoms with Gasteiger partial charge in [0.25, 0.3) is 0 Å². The van der Waals surface area contributed by atoms with Gasteiger partial charge in [-0.15, -0.1) is 0 Å². The maximum Gasteiger partial charge on any atom is 0.183 e. The number of nitrogens with zero attached hydrogens (tertiary/aromatic N) is 5. The zero-order chi connectivity index (χ0) is 13.5. The minimum atomic E-state index is 0.375. The van der Waals surface area contributed by atoms with E-state index >= 15 is 0 Å². The largest absolute Gasteiger partial charge is 0.382 e. The summed E-state index contributed by atoms with van der Waals surface area (Å²) in [6.07, 6.45) is 4.71. The van der Waals surface area contributed by atoms with Crippen molar-refractivity contribution >= 4 is 28.0 Å². The fourth-order valence-corrected chi connectivity index (χ4v) is 2.16. The van der Waals surface area contributed by atoms with Crippen molar-refractivity contribution in [1.29, 1.82) is 0 Å². The van der Waals surface area contributed by atoms with Gasteiger partial charge in [-0.2, -0.15) is 0 Å². The highest BCUT2D eigenvalue weighted by atomic mass is 15.0. The molecule has 0 fully saturated rings.